The molecule has 0 saturated carbocycles. The van der Waals surface area contributed by atoms with E-state index in [2.05, 4.69) is 27.4 Å². The van der Waals surface area contributed by atoms with Crippen LogP contribution in [0.1, 0.15) is 61.4 Å². The molecule has 11 heteroatoms. The number of anilines is 1. The topological polar surface area (TPSA) is 108 Å². The number of halogens is 2. The largest absolute Gasteiger partial charge is 0.444 e. The summed E-state index contributed by atoms with van der Waals surface area (Å²) in [5, 5.41) is 17.0. The zero-order valence-corrected chi connectivity index (χ0v) is 24.4. The van der Waals surface area contributed by atoms with E-state index >= 15 is 0 Å². The number of aliphatic hydroxyl groups is 1. The van der Waals surface area contributed by atoms with Crippen LogP contribution in [-0.2, 0) is 11.2 Å². The van der Waals surface area contributed by atoms with E-state index < -0.39 is 29.7 Å². The van der Waals surface area contributed by atoms with E-state index in [0.29, 0.717) is 42.7 Å². The van der Waals surface area contributed by atoms with Crippen LogP contribution in [0.25, 0.3) is 11.5 Å². The van der Waals surface area contributed by atoms with Crippen LogP contribution in [0.5, 0.6) is 0 Å². The maximum Gasteiger partial charge on any atom is 0.251 e. The maximum atomic E-state index is 14.0. The zero-order chi connectivity index (χ0) is 29.6. The van der Waals surface area contributed by atoms with Crippen LogP contribution in [0.2, 0.25) is 0 Å². The minimum atomic E-state index is -1.02. The molecule has 0 aliphatic carbocycles. The lowest BCUT2D eigenvalue weighted by Gasteiger charge is -2.32. The molecule has 2 aliphatic rings. The second kappa shape index (κ2) is 13.7. The molecule has 0 radical (unpaired) electrons. The van der Waals surface area contributed by atoms with Crippen LogP contribution in [0, 0.1) is 11.6 Å². The van der Waals surface area contributed by atoms with Gasteiger partial charge >= 0.3 is 0 Å². The highest BCUT2D eigenvalue weighted by atomic mass is 32.2. The molecule has 2 aromatic carbocycles. The fourth-order valence-electron chi connectivity index (χ4n) is 5.59. The van der Waals surface area contributed by atoms with Gasteiger partial charge < -0.3 is 25.1 Å². The number of nitrogens with one attached hydrogen (secondary N) is 2. The van der Waals surface area contributed by atoms with Gasteiger partial charge in [0.25, 0.3) is 5.91 Å². The van der Waals surface area contributed by atoms with Crippen molar-refractivity contribution in [2.24, 2.45) is 0 Å². The Morgan fingerprint density at radius 2 is 2.07 bits per heavy atom. The van der Waals surface area contributed by atoms with Crippen molar-refractivity contribution in [2.45, 2.75) is 75.0 Å². The molecule has 0 spiro atoms. The average molecular weight is 599 g/mol. The number of aromatic nitrogens is 1. The van der Waals surface area contributed by atoms with Gasteiger partial charge in [0, 0.05) is 47.8 Å². The number of carbonyl (C=O) groups is 2. The van der Waals surface area contributed by atoms with E-state index in [9.17, 15) is 23.5 Å². The van der Waals surface area contributed by atoms with Crippen LogP contribution in [0.15, 0.2) is 52.1 Å². The summed E-state index contributed by atoms with van der Waals surface area (Å²) in [6, 6.07) is 5.92. The lowest BCUT2D eigenvalue weighted by atomic mass is 9.95. The van der Waals surface area contributed by atoms with Crippen molar-refractivity contribution in [2.75, 3.05) is 23.7 Å². The molecule has 1 aromatic heterocycles. The third kappa shape index (κ3) is 7.30. The van der Waals surface area contributed by atoms with Gasteiger partial charge in [-0.1, -0.05) is 13.3 Å². The monoisotopic (exact) mass is 598 g/mol. The van der Waals surface area contributed by atoms with Gasteiger partial charge in [-0.2, -0.15) is 0 Å². The molecule has 1 saturated heterocycles. The molecule has 2 aliphatic heterocycles. The molecule has 3 heterocycles. The predicted molar refractivity (Wildman–Crippen MR) is 158 cm³/mol. The molecular formula is C31H36F2N4O4S. The number of hydrogen-bond donors (Lipinski definition) is 3. The molecule has 3 unspecified atom stereocenters. The molecule has 3 N–H and O–H groups in total. The van der Waals surface area contributed by atoms with E-state index in [1.807, 2.05) is 6.07 Å². The fraction of sp³-hybridized carbons (Fsp3) is 0.452. The van der Waals surface area contributed by atoms with Gasteiger partial charge in [-0.3, -0.25) is 9.59 Å². The lowest BCUT2D eigenvalue weighted by molar-refractivity contribution is -0.119. The number of rotatable bonds is 12. The number of thioether (sulfide) groups is 1. The first kappa shape index (κ1) is 30.0. The Labute approximate surface area is 248 Å². The molecule has 5 rings (SSSR count). The highest BCUT2D eigenvalue weighted by molar-refractivity contribution is 7.99. The van der Waals surface area contributed by atoms with E-state index in [-0.39, 0.29) is 18.4 Å². The molecule has 8 nitrogen and oxygen atoms in total. The Balaban J connectivity index is 1.43. The van der Waals surface area contributed by atoms with Crippen molar-refractivity contribution < 1.29 is 27.9 Å². The SMILES string of the molecule is CCCCN1CCSc2c(-c3ncco3)cc(C(=O)NC(Cc3cc(F)cc(F)c3)C(O)CCC3CCC(=O)N3)cc21. The second-order valence-electron chi connectivity index (χ2n) is 10.9. The lowest BCUT2D eigenvalue weighted by Crippen LogP contribution is -2.45. The molecule has 0 bridgehead atoms. The first-order chi connectivity index (χ1) is 20.3. The summed E-state index contributed by atoms with van der Waals surface area (Å²) in [5.74, 6) is -0.588. The Bertz CT molecular complexity index is 1380. The van der Waals surface area contributed by atoms with E-state index in [1.54, 1.807) is 24.0 Å². The number of benzene rings is 2. The number of fused-ring (bicyclic) bond motifs is 1. The fourth-order valence-corrected chi connectivity index (χ4v) is 6.74. The van der Waals surface area contributed by atoms with Crippen molar-refractivity contribution in [3.63, 3.8) is 0 Å². The summed E-state index contributed by atoms with van der Waals surface area (Å²) in [6.07, 6.45) is 6.06. The first-order valence-electron chi connectivity index (χ1n) is 14.5. The Hall–Kier alpha value is -3.44. The van der Waals surface area contributed by atoms with Crippen LogP contribution in [-0.4, -0.2) is 58.9 Å². The van der Waals surface area contributed by atoms with Crippen molar-refractivity contribution in [3.8, 4) is 11.5 Å². The van der Waals surface area contributed by atoms with Crippen LogP contribution in [0.4, 0.5) is 14.5 Å². The normalized spacial score (nSPS) is 18.0. The zero-order valence-electron chi connectivity index (χ0n) is 23.6. The van der Waals surface area contributed by atoms with E-state index in [1.165, 1.54) is 18.4 Å². The summed E-state index contributed by atoms with van der Waals surface area (Å²) in [6.45, 7) is 3.83. The van der Waals surface area contributed by atoms with Crippen LogP contribution >= 0.6 is 11.8 Å². The van der Waals surface area contributed by atoms with Gasteiger partial charge in [0.05, 0.1) is 29.6 Å². The summed E-state index contributed by atoms with van der Waals surface area (Å²) in [5.41, 5.74) is 2.34. The minimum Gasteiger partial charge on any atom is -0.444 e. The predicted octanol–water partition coefficient (Wildman–Crippen LogP) is 5.09. The van der Waals surface area contributed by atoms with Gasteiger partial charge in [-0.05, 0) is 61.9 Å². The molecule has 42 heavy (non-hydrogen) atoms. The summed E-state index contributed by atoms with van der Waals surface area (Å²) >= 11 is 1.70. The summed E-state index contributed by atoms with van der Waals surface area (Å²) in [7, 11) is 0. The van der Waals surface area contributed by atoms with Gasteiger partial charge in [0.2, 0.25) is 11.8 Å². The minimum absolute atomic E-state index is 0.0185. The van der Waals surface area contributed by atoms with Gasteiger partial charge in [0.15, 0.2) is 0 Å². The van der Waals surface area contributed by atoms with Gasteiger partial charge in [0.1, 0.15) is 17.9 Å². The van der Waals surface area contributed by atoms with E-state index in [0.717, 1.165) is 53.9 Å². The van der Waals surface area contributed by atoms with Crippen LogP contribution < -0.4 is 15.5 Å². The third-order valence-corrected chi connectivity index (χ3v) is 8.88. The van der Waals surface area contributed by atoms with E-state index in [4.69, 9.17) is 4.42 Å². The number of amides is 2. The second-order valence-corrected chi connectivity index (χ2v) is 12.0. The molecule has 3 atom stereocenters. The molecule has 1 fully saturated rings. The number of unbranched alkanes of at least 4 members (excludes halogenated alkanes) is 1. The quantitative estimate of drug-likeness (QED) is 0.267. The standard InChI is InChI=1S/C31H36F2N4O4S/c1-2-3-9-37-10-12-42-29-24(31-34-8-11-41-31)16-20(17-26(29)37)30(40)36-25(15-19-13-21(32)18-22(33)14-19)27(38)6-4-23-5-7-28(39)35-23/h8,11,13-14,16-18,23,25,27,38H,2-7,9-10,12,15H2,1H3,(H,35,39)(H,36,40). The number of hydrogen-bond acceptors (Lipinski definition) is 7. The Morgan fingerprint density at radius 3 is 2.76 bits per heavy atom. The van der Waals surface area contributed by atoms with Crippen molar-refractivity contribution in [1.29, 1.82) is 0 Å². The molecule has 2 amide bonds. The average Bonchev–Trinajstić information content (AvgIpc) is 3.65. The highest BCUT2D eigenvalue weighted by Crippen LogP contribution is 2.42. The number of aliphatic hydroxyl groups excluding tert-OH is 1. The Kier molecular flexibility index (Phi) is 9.79. The van der Waals surface area contributed by atoms with Crippen molar-refractivity contribution in [3.05, 3.63) is 65.6 Å². The number of carbonyl (C=O) groups excluding carboxylic acids is 2. The molecule has 3 aromatic rings. The summed E-state index contributed by atoms with van der Waals surface area (Å²) in [4.78, 5) is 33.0. The molecular weight excluding hydrogens is 562 g/mol. The first-order valence-corrected chi connectivity index (χ1v) is 15.5. The van der Waals surface area contributed by atoms with Crippen molar-refractivity contribution >= 4 is 29.3 Å². The van der Waals surface area contributed by atoms with Gasteiger partial charge in [-0.25, -0.2) is 13.8 Å². The Morgan fingerprint density at radius 1 is 1.26 bits per heavy atom. The number of nitrogens with zero attached hydrogens (tertiary/aromatic N) is 2. The molecule has 224 valence electrons. The van der Waals surface area contributed by atoms with Gasteiger partial charge in [-0.15, -0.1) is 11.8 Å². The number of oxazole rings is 1. The highest BCUT2D eigenvalue weighted by Gasteiger charge is 2.29. The third-order valence-electron chi connectivity index (χ3n) is 7.78. The maximum absolute atomic E-state index is 14.0. The van der Waals surface area contributed by atoms with Crippen molar-refractivity contribution in [1.82, 2.24) is 15.6 Å². The summed E-state index contributed by atoms with van der Waals surface area (Å²) < 4.78 is 33.6. The van der Waals surface area contributed by atoms with Crippen LogP contribution in [0.3, 0.4) is 0 Å². The smallest absolute Gasteiger partial charge is 0.251 e.